The Balaban J connectivity index is 1.43. The highest BCUT2D eigenvalue weighted by Crippen LogP contribution is 2.31. The van der Waals surface area contributed by atoms with Gasteiger partial charge in [-0.3, -0.25) is 19.7 Å². The second-order valence-electron chi connectivity index (χ2n) is 7.31. The van der Waals surface area contributed by atoms with Crippen molar-refractivity contribution in [3.05, 3.63) is 24.3 Å². The van der Waals surface area contributed by atoms with Crippen LogP contribution in [0.15, 0.2) is 18.6 Å². The molecule has 5 rings (SSSR count). The minimum atomic E-state index is 0.207. The average Bonchev–Trinajstić information content (AvgIpc) is 2.95. The van der Waals surface area contributed by atoms with Crippen molar-refractivity contribution in [1.82, 2.24) is 19.8 Å². The number of aromatic nitrogens is 2. The number of hydrogen-bond donors (Lipinski definition) is 0. The van der Waals surface area contributed by atoms with Gasteiger partial charge in [-0.25, -0.2) is 0 Å². The lowest BCUT2D eigenvalue weighted by Gasteiger charge is -2.37. The van der Waals surface area contributed by atoms with Gasteiger partial charge in [-0.05, 0) is 31.6 Å². The standard InChI is InChI=1S/C18H26N4O2/c23-18(9-15-10-19-5-6-20-15)22-12-14-1-2-17(22)13-21(11-14)16-3-7-24-8-4-16/h5-6,10,14,16-17H,1-4,7-9,11-13H2/t14-,17+/m0/s1. The van der Waals surface area contributed by atoms with Crippen LogP contribution < -0.4 is 0 Å². The first kappa shape index (κ1) is 16.0. The van der Waals surface area contributed by atoms with Crippen molar-refractivity contribution in [2.24, 2.45) is 5.92 Å². The molecule has 0 aromatic carbocycles. The van der Waals surface area contributed by atoms with E-state index in [0.29, 0.717) is 24.4 Å². The monoisotopic (exact) mass is 330 g/mol. The van der Waals surface area contributed by atoms with Gasteiger partial charge in [-0.1, -0.05) is 0 Å². The normalized spacial score (nSPS) is 28.8. The van der Waals surface area contributed by atoms with Gasteiger partial charge >= 0.3 is 0 Å². The molecule has 0 radical (unpaired) electrons. The van der Waals surface area contributed by atoms with E-state index in [1.165, 1.54) is 6.42 Å². The van der Waals surface area contributed by atoms with Gasteiger partial charge in [0, 0.05) is 63.5 Å². The Labute approximate surface area is 143 Å². The van der Waals surface area contributed by atoms with Crippen LogP contribution in [0, 0.1) is 5.92 Å². The SMILES string of the molecule is O=C(Cc1cnccn1)N1C[C@H]2CC[C@@H]1CN(C1CCOCC1)C2. The molecule has 0 spiro atoms. The molecule has 0 unspecified atom stereocenters. The zero-order chi connectivity index (χ0) is 16.4. The maximum Gasteiger partial charge on any atom is 0.228 e. The molecule has 0 saturated carbocycles. The maximum absolute atomic E-state index is 12.8. The number of amides is 1. The highest BCUT2D eigenvalue weighted by molar-refractivity contribution is 5.78. The molecular weight excluding hydrogens is 304 g/mol. The molecule has 6 nitrogen and oxygen atoms in total. The number of carbonyl (C=O) groups excluding carboxylic acids is 1. The highest BCUT2D eigenvalue weighted by Gasteiger charge is 2.39. The second-order valence-corrected chi connectivity index (χ2v) is 7.31. The molecule has 0 N–H and O–H groups in total. The summed E-state index contributed by atoms with van der Waals surface area (Å²) in [4.78, 5) is 25.9. The van der Waals surface area contributed by atoms with Crippen molar-refractivity contribution in [3.8, 4) is 0 Å². The summed E-state index contributed by atoms with van der Waals surface area (Å²) in [5.74, 6) is 0.816. The van der Waals surface area contributed by atoms with Crippen LogP contribution in [0.5, 0.6) is 0 Å². The molecule has 4 fully saturated rings. The second kappa shape index (κ2) is 7.15. The summed E-state index contributed by atoms with van der Waals surface area (Å²) < 4.78 is 5.51. The first-order chi connectivity index (χ1) is 11.8. The van der Waals surface area contributed by atoms with Crippen LogP contribution in [0.3, 0.4) is 0 Å². The third-order valence-corrected chi connectivity index (χ3v) is 5.72. The topological polar surface area (TPSA) is 58.6 Å². The zero-order valence-electron chi connectivity index (χ0n) is 14.1. The lowest BCUT2D eigenvalue weighted by molar-refractivity contribution is -0.134. The van der Waals surface area contributed by atoms with Gasteiger partial charge < -0.3 is 9.64 Å². The third-order valence-electron chi connectivity index (χ3n) is 5.72. The number of ether oxygens (including phenoxy) is 1. The van der Waals surface area contributed by atoms with E-state index in [9.17, 15) is 4.79 Å². The fourth-order valence-electron chi connectivity index (χ4n) is 4.45. The van der Waals surface area contributed by atoms with Gasteiger partial charge in [-0.2, -0.15) is 0 Å². The molecule has 130 valence electrons. The van der Waals surface area contributed by atoms with Gasteiger partial charge in [0.25, 0.3) is 0 Å². The molecule has 4 aliphatic rings. The van der Waals surface area contributed by atoms with Crippen molar-refractivity contribution in [1.29, 1.82) is 0 Å². The number of fused-ring (bicyclic) bond motifs is 4. The Hall–Kier alpha value is -1.53. The molecule has 1 amide bonds. The first-order valence-corrected chi connectivity index (χ1v) is 9.16. The number of hydrogen-bond acceptors (Lipinski definition) is 5. The Bertz CT molecular complexity index is 561. The molecule has 4 aliphatic heterocycles. The van der Waals surface area contributed by atoms with Gasteiger partial charge in [0.2, 0.25) is 5.91 Å². The average molecular weight is 330 g/mol. The molecule has 2 atom stereocenters. The summed E-state index contributed by atoms with van der Waals surface area (Å²) in [6, 6.07) is 0.993. The van der Waals surface area contributed by atoms with Crippen molar-refractivity contribution in [2.45, 2.75) is 44.2 Å². The molecule has 1 aromatic heterocycles. The predicted octanol–water partition coefficient (Wildman–Crippen LogP) is 1.12. The number of piperidine rings is 1. The lowest BCUT2D eigenvalue weighted by atomic mass is 9.94. The van der Waals surface area contributed by atoms with E-state index in [0.717, 1.165) is 57.8 Å². The van der Waals surface area contributed by atoms with Crippen LogP contribution in [0.25, 0.3) is 0 Å². The lowest BCUT2D eigenvalue weighted by Crippen LogP contribution is -2.49. The summed E-state index contributed by atoms with van der Waals surface area (Å²) in [5, 5.41) is 0. The number of nitrogens with zero attached hydrogens (tertiary/aromatic N) is 4. The quantitative estimate of drug-likeness (QED) is 0.831. The maximum atomic E-state index is 12.8. The number of rotatable bonds is 3. The molecule has 2 bridgehead atoms. The largest absolute Gasteiger partial charge is 0.381 e. The molecule has 5 heterocycles. The Morgan fingerprint density at radius 1 is 1.08 bits per heavy atom. The van der Waals surface area contributed by atoms with Crippen LogP contribution in [0.4, 0.5) is 0 Å². The molecular formula is C18H26N4O2. The minimum absolute atomic E-state index is 0.207. The van der Waals surface area contributed by atoms with E-state index in [1.807, 2.05) is 0 Å². The molecule has 24 heavy (non-hydrogen) atoms. The van der Waals surface area contributed by atoms with E-state index in [-0.39, 0.29) is 5.91 Å². The summed E-state index contributed by atoms with van der Waals surface area (Å²) in [7, 11) is 0. The Morgan fingerprint density at radius 2 is 1.96 bits per heavy atom. The van der Waals surface area contributed by atoms with Gasteiger partial charge in [0.05, 0.1) is 12.1 Å². The molecule has 1 aromatic rings. The van der Waals surface area contributed by atoms with E-state index in [2.05, 4.69) is 19.8 Å². The van der Waals surface area contributed by atoms with Crippen LogP contribution in [0.1, 0.15) is 31.4 Å². The van der Waals surface area contributed by atoms with E-state index in [1.54, 1.807) is 18.6 Å². The Kier molecular flexibility index (Phi) is 4.76. The smallest absolute Gasteiger partial charge is 0.228 e. The van der Waals surface area contributed by atoms with Crippen LogP contribution >= 0.6 is 0 Å². The Morgan fingerprint density at radius 3 is 2.75 bits per heavy atom. The van der Waals surface area contributed by atoms with Crippen LogP contribution in [-0.4, -0.2) is 70.6 Å². The molecule has 0 aliphatic carbocycles. The summed E-state index contributed by atoms with van der Waals surface area (Å²) in [6.07, 6.45) is 10.0. The van der Waals surface area contributed by atoms with Crippen molar-refractivity contribution in [3.63, 3.8) is 0 Å². The summed E-state index contributed by atoms with van der Waals surface area (Å²) in [6.45, 7) is 4.82. The van der Waals surface area contributed by atoms with Crippen LogP contribution in [-0.2, 0) is 16.0 Å². The third kappa shape index (κ3) is 3.44. The van der Waals surface area contributed by atoms with E-state index < -0.39 is 0 Å². The van der Waals surface area contributed by atoms with Crippen molar-refractivity contribution >= 4 is 5.91 Å². The fourth-order valence-corrected chi connectivity index (χ4v) is 4.45. The zero-order valence-corrected chi connectivity index (χ0v) is 14.1. The van der Waals surface area contributed by atoms with Gasteiger partial charge in [0.1, 0.15) is 0 Å². The van der Waals surface area contributed by atoms with Gasteiger partial charge in [-0.15, -0.1) is 0 Å². The van der Waals surface area contributed by atoms with E-state index in [4.69, 9.17) is 4.74 Å². The van der Waals surface area contributed by atoms with E-state index >= 15 is 0 Å². The van der Waals surface area contributed by atoms with Crippen molar-refractivity contribution < 1.29 is 9.53 Å². The summed E-state index contributed by atoms with van der Waals surface area (Å²) in [5.41, 5.74) is 0.768. The summed E-state index contributed by atoms with van der Waals surface area (Å²) >= 11 is 0. The predicted molar refractivity (Wildman–Crippen MR) is 89.4 cm³/mol. The van der Waals surface area contributed by atoms with Crippen LogP contribution in [0.2, 0.25) is 0 Å². The van der Waals surface area contributed by atoms with Gasteiger partial charge in [0.15, 0.2) is 0 Å². The minimum Gasteiger partial charge on any atom is -0.381 e. The number of carbonyl (C=O) groups is 1. The molecule has 4 saturated heterocycles. The fraction of sp³-hybridized carbons (Fsp3) is 0.722. The first-order valence-electron chi connectivity index (χ1n) is 9.16. The van der Waals surface area contributed by atoms with Crippen molar-refractivity contribution in [2.75, 3.05) is 32.8 Å². The highest BCUT2D eigenvalue weighted by atomic mass is 16.5. The molecule has 6 heteroatoms.